The van der Waals surface area contributed by atoms with Crippen LogP contribution in [0, 0.1) is 17.6 Å². The molecule has 1 saturated carbocycles. The van der Waals surface area contributed by atoms with Crippen LogP contribution in [0.2, 0.25) is 0 Å². The Morgan fingerprint density at radius 1 is 1.10 bits per heavy atom. The summed E-state index contributed by atoms with van der Waals surface area (Å²) in [5.74, 6) is -1.61. The smallest absolute Gasteiger partial charge is 0.258 e. The first-order valence-corrected chi connectivity index (χ1v) is 10.2. The van der Waals surface area contributed by atoms with Crippen LogP contribution in [0.1, 0.15) is 42.5 Å². The molecule has 2 aliphatic rings. The highest BCUT2D eigenvalue weighted by Crippen LogP contribution is 2.41. The van der Waals surface area contributed by atoms with Crippen LogP contribution < -0.4 is 10.1 Å². The van der Waals surface area contributed by atoms with Crippen molar-refractivity contribution < 1.29 is 23.1 Å². The van der Waals surface area contributed by atoms with Crippen molar-refractivity contribution in [3.05, 3.63) is 59.7 Å². The molecule has 1 aliphatic carbocycles. The number of methoxy groups -OCH3 is 1. The summed E-state index contributed by atoms with van der Waals surface area (Å²) in [6.45, 7) is 0. The standard InChI is InChI=1S/C23H24F2N2O3/c1-30-21-9-5-3-7-16(21)23(29)27-19-8-4-2-6-14(19)12-20(27)22(28)26-18-11-10-15(24)13-17(18)25/h3,5,7,9-11,13-14,19-20H,2,4,6,8,12H2,1H3,(H,26,28)/t14-,19+,20+/m1/s1. The quantitative estimate of drug-likeness (QED) is 0.808. The Balaban J connectivity index is 1.64. The summed E-state index contributed by atoms with van der Waals surface area (Å²) in [6.07, 6.45) is 4.38. The summed E-state index contributed by atoms with van der Waals surface area (Å²) in [6, 6.07) is 9.18. The number of nitrogens with one attached hydrogen (secondary N) is 1. The fourth-order valence-electron chi connectivity index (χ4n) is 4.75. The third-order valence-electron chi connectivity index (χ3n) is 6.15. The average molecular weight is 414 g/mol. The molecule has 2 aromatic carbocycles. The number of anilines is 1. The molecule has 5 nitrogen and oxygen atoms in total. The number of fused-ring (bicyclic) bond motifs is 1. The van der Waals surface area contributed by atoms with Gasteiger partial charge in [-0.1, -0.05) is 25.0 Å². The van der Waals surface area contributed by atoms with Crippen LogP contribution in [-0.2, 0) is 4.79 Å². The molecule has 0 bridgehead atoms. The zero-order valence-electron chi connectivity index (χ0n) is 16.7. The number of ether oxygens (including phenoxy) is 1. The molecule has 1 aliphatic heterocycles. The van der Waals surface area contributed by atoms with Gasteiger partial charge in [0.15, 0.2) is 0 Å². The maximum Gasteiger partial charge on any atom is 0.258 e. The van der Waals surface area contributed by atoms with Gasteiger partial charge in [-0.25, -0.2) is 8.78 Å². The predicted octanol–water partition coefficient (Wildman–Crippen LogP) is 4.39. The van der Waals surface area contributed by atoms with Gasteiger partial charge >= 0.3 is 0 Å². The van der Waals surface area contributed by atoms with Crippen molar-refractivity contribution in [2.24, 2.45) is 5.92 Å². The molecule has 30 heavy (non-hydrogen) atoms. The van der Waals surface area contributed by atoms with Gasteiger partial charge in [-0.3, -0.25) is 9.59 Å². The minimum absolute atomic E-state index is 0.0371. The van der Waals surface area contributed by atoms with E-state index in [4.69, 9.17) is 4.74 Å². The van der Waals surface area contributed by atoms with Crippen molar-refractivity contribution in [3.63, 3.8) is 0 Å². The molecule has 1 heterocycles. The molecule has 2 aromatic rings. The summed E-state index contributed by atoms with van der Waals surface area (Å²) >= 11 is 0. The molecule has 1 saturated heterocycles. The van der Waals surface area contributed by atoms with Gasteiger partial charge < -0.3 is 15.0 Å². The maximum absolute atomic E-state index is 14.1. The van der Waals surface area contributed by atoms with E-state index >= 15 is 0 Å². The van der Waals surface area contributed by atoms with E-state index in [0.717, 1.165) is 37.8 Å². The van der Waals surface area contributed by atoms with Crippen molar-refractivity contribution in [1.82, 2.24) is 4.90 Å². The summed E-state index contributed by atoms with van der Waals surface area (Å²) in [5.41, 5.74) is 0.304. The number of para-hydroxylation sites is 1. The van der Waals surface area contributed by atoms with E-state index in [1.165, 1.54) is 13.2 Å². The Labute approximate surface area is 174 Å². The van der Waals surface area contributed by atoms with Gasteiger partial charge in [-0.05, 0) is 49.4 Å². The van der Waals surface area contributed by atoms with Crippen LogP contribution in [-0.4, -0.2) is 35.9 Å². The number of hydrogen-bond acceptors (Lipinski definition) is 3. The molecule has 158 valence electrons. The Bertz CT molecular complexity index is 965. The molecule has 1 N–H and O–H groups in total. The zero-order valence-corrected chi connectivity index (χ0v) is 16.7. The van der Waals surface area contributed by atoms with E-state index < -0.39 is 23.6 Å². The third-order valence-corrected chi connectivity index (χ3v) is 6.15. The lowest BCUT2D eigenvalue weighted by Gasteiger charge is -2.34. The van der Waals surface area contributed by atoms with Gasteiger partial charge in [0.2, 0.25) is 5.91 Å². The number of carbonyl (C=O) groups is 2. The lowest BCUT2D eigenvalue weighted by molar-refractivity contribution is -0.120. The highest BCUT2D eigenvalue weighted by Gasteiger charge is 2.48. The number of likely N-dealkylation sites (tertiary alicyclic amines) is 1. The van der Waals surface area contributed by atoms with Crippen LogP contribution in [0.4, 0.5) is 14.5 Å². The second-order valence-electron chi connectivity index (χ2n) is 7.89. The highest BCUT2D eigenvalue weighted by molar-refractivity contribution is 6.03. The van der Waals surface area contributed by atoms with E-state index in [-0.39, 0.29) is 23.6 Å². The largest absolute Gasteiger partial charge is 0.496 e. The van der Waals surface area contributed by atoms with Gasteiger partial charge in [0.05, 0.1) is 18.4 Å². The summed E-state index contributed by atoms with van der Waals surface area (Å²) < 4.78 is 32.6. The van der Waals surface area contributed by atoms with Gasteiger partial charge in [0.25, 0.3) is 5.91 Å². The average Bonchev–Trinajstić information content (AvgIpc) is 3.15. The van der Waals surface area contributed by atoms with Gasteiger partial charge in [0.1, 0.15) is 23.4 Å². The second-order valence-corrected chi connectivity index (χ2v) is 7.89. The zero-order chi connectivity index (χ0) is 21.3. The van der Waals surface area contributed by atoms with Crippen LogP contribution in [0.5, 0.6) is 5.75 Å². The first-order chi connectivity index (χ1) is 14.5. The van der Waals surface area contributed by atoms with Crippen LogP contribution in [0.3, 0.4) is 0 Å². The van der Waals surface area contributed by atoms with Crippen molar-refractivity contribution in [3.8, 4) is 5.75 Å². The predicted molar refractivity (Wildman–Crippen MR) is 108 cm³/mol. The lowest BCUT2D eigenvalue weighted by atomic mass is 9.84. The van der Waals surface area contributed by atoms with E-state index in [1.807, 2.05) is 0 Å². The Morgan fingerprint density at radius 3 is 2.63 bits per heavy atom. The first-order valence-electron chi connectivity index (χ1n) is 10.2. The van der Waals surface area contributed by atoms with Crippen molar-refractivity contribution in [2.45, 2.75) is 44.2 Å². The molecule has 0 spiro atoms. The maximum atomic E-state index is 14.1. The van der Waals surface area contributed by atoms with Crippen molar-refractivity contribution in [2.75, 3.05) is 12.4 Å². The Kier molecular flexibility index (Phi) is 5.70. The minimum atomic E-state index is -0.846. The molecule has 4 rings (SSSR count). The molecule has 0 aromatic heterocycles. The van der Waals surface area contributed by atoms with Crippen LogP contribution in [0.25, 0.3) is 0 Å². The third kappa shape index (κ3) is 3.76. The van der Waals surface area contributed by atoms with Gasteiger partial charge in [-0.2, -0.15) is 0 Å². The molecule has 3 atom stereocenters. The highest BCUT2D eigenvalue weighted by atomic mass is 19.1. The number of benzene rings is 2. The molecule has 2 amide bonds. The second kappa shape index (κ2) is 8.42. The number of nitrogens with zero attached hydrogens (tertiary/aromatic N) is 1. The normalized spacial score (nSPS) is 23.0. The van der Waals surface area contributed by atoms with Crippen molar-refractivity contribution >= 4 is 17.5 Å². The topological polar surface area (TPSA) is 58.6 Å². The Hall–Kier alpha value is -2.96. The minimum Gasteiger partial charge on any atom is -0.496 e. The number of amides is 2. The molecular weight excluding hydrogens is 390 g/mol. The molecule has 0 radical (unpaired) electrons. The van der Waals surface area contributed by atoms with Gasteiger partial charge in [-0.15, -0.1) is 0 Å². The molecular formula is C23H24F2N2O3. The summed E-state index contributed by atoms with van der Waals surface area (Å²) in [5, 5.41) is 2.55. The number of carbonyl (C=O) groups excluding carboxylic acids is 2. The fraction of sp³-hybridized carbons (Fsp3) is 0.391. The molecule has 7 heteroatoms. The fourth-order valence-corrected chi connectivity index (χ4v) is 4.75. The Morgan fingerprint density at radius 2 is 1.87 bits per heavy atom. The van der Waals surface area contributed by atoms with Crippen molar-refractivity contribution in [1.29, 1.82) is 0 Å². The van der Waals surface area contributed by atoms with Crippen LogP contribution in [0.15, 0.2) is 42.5 Å². The van der Waals surface area contributed by atoms with Crippen LogP contribution >= 0.6 is 0 Å². The monoisotopic (exact) mass is 414 g/mol. The molecule has 2 fully saturated rings. The number of hydrogen-bond donors (Lipinski definition) is 1. The summed E-state index contributed by atoms with van der Waals surface area (Å²) in [7, 11) is 1.50. The lowest BCUT2D eigenvalue weighted by Crippen LogP contribution is -2.48. The van der Waals surface area contributed by atoms with E-state index in [0.29, 0.717) is 17.7 Å². The first kappa shape index (κ1) is 20.3. The SMILES string of the molecule is COc1ccccc1C(=O)N1[C@H](C(=O)Nc2ccc(F)cc2F)C[C@H]2CCCC[C@@H]21. The number of rotatable bonds is 4. The van der Waals surface area contributed by atoms with E-state index in [1.54, 1.807) is 29.2 Å². The van der Waals surface area contributed by atoms with E-state index in [2.05, 4.69) is 5.32 Å². The molecule has 0 unspecified atom stereocenters. The number of halogens is 2. The van der Waals surface area contributed by atoms with E-state index in [9.17, 15) is 18.4 Å². The van der Waals surface area contributed by atoms with Gasteiger partial charge in [0, 0.05) is 12.1 Å². The summed E-state index contributed by atoms with van der Waals surface area (Å²) in [4.78, 5) is 28.3.